The van der Waals surface area contributed by atoms with Crippen molar-refractivity contribution < 1.29 is 93.5 Å². The molecule has 98 heavy (non-hydrogen) atoms. The zero-order chi connectivity index (χ0) is 71.9. The highest BCUT2D eigenvalue weighted by molar-refractivity contribution is 9.09. The number of benzene rings is 6. The number of aliphatic hydroxyl groups excluding tert-OH is 1. The second-order valence-electron chi connectivity index (χ2n) is 23.3. The van der Waals surface area contributed by atoms with Crippen LogP contribution in [0.3, 0.4) is 0 Å². The Labute approximate surface area is 586 Å². The third-order valence-electron chi connectivity index (χ3n) is 16.7. The zero-order valence-electron chi connectivity index (χ0n) is 54.1. The zero-order valence-corrected chi connectivity index (χ0v) is 58.0. The highest BCUT2D eigenvalue weighted by atomic mass is 79.9. The lowest BCUT2D eigenvalue weighted by Gasteiger charge is -2.38. The lowest BCUT2D eigenvalue weighted by molar-refractivity contribution is -0.149. The molecule has 0 bridgehead atoms. The smallest absolute Gasteiger partial charge is 0.325 e. The molecule has 0 aliphatic carbocycles. The molecule has 0 saturated carbocycles. The molecule has 17 nitrogen and oxygen atoms in total. The van der Waals surface area contributed by atoms with Gasteiger partial charge in [-0.3, -0.25) is 38.4 Å². The topological polar surface area (TPSA) is 221 Å². The summed E-state index contributed by atoms with van der Waals surface area (Å²) in [6.07, 6.45) is 0.145. The van der Waals surface area contributed by atoms with Crippen LogP contribution in [0.25, 0.3) is 0 Å². The summed E-state index contributed by atoms with van der Waals surface area (Å²) in [6.45, 7) is -0.0798. The maximum Gasteiger partial charge on any atom is 0.325 e. The minimum Gasteiger partial charge on any atom is -0.497 e. The molecule has 6 aromatic rings. The van der Waals surface area contributed by atoms with Crippen LogP contribution >= 0.6 is 50.7 Å². The molecule has 0 spiro atoms. The molecular weight excluding hydrogens is 1420 g/mol. The molecule has 6 atom stereocenters. The largest absolute Gasteiger partial charge is 0.497 e. The van der Waals surface area contributed by atoms with Crippen molar-refractivity contribution in [3.8, 4) is 17.2 Å². The van der Waals surface area contributed by atoms with E-state index in [0.29, 0.717) is 15.1 Å². The van der Waals surface area contributed by atoms with Crippen LogP contribution in [-0.2, 0) is 67.1 Å². The number of hydrogen-bond acceptors (Lipinski definition) is 14. The minimum atomic E-state index is -0.869. The summed E-state index contributed by atoms with van der Waals surface area (Å²) in [4.78, 5) is 99.6. The molecule has 3 amide bonds. The molecule has 27 heteroatoms. The van der Waals surface area contributed by atoms with Gasteiger partial charge >= 0.3 is 11.9 Å². The van der Waals surface area contributed by atoms with E-state index in [1.807, 2.05) is 0 Å². The molecule has 3 fully saturated rings. The Morgan fingerprint density at radius 3 is 1.11 bits per heavy atom. The molecule has 3 saturated heterocycles. The van der Waals surface area contributed by atoms with Crippen LogP contribution in [0, 0.1) is 52.7 Å². The summed E-state index contributed by atoms with van der Waals surface area (Å²) in [5.41, 5.74) is 1.72. The fraction of sp³-hybridized carbons (Fsp3) is 0.380. The molecule has 3 aliphatic heterocycles. The second kappa shape index (κ2) is 38.4. The van der Waals surface area contributed by atoms with Gasteiger partial charge in [0.15, 0.2) is 0 Å². The average molecular weight is 1490 g/mol. The first kappa shape index (κ1) is 79.0. The minimum absolute atomic E-state index is 0.00410. The van der Waals surface area contributed by atoms with E-state index < -0.39 is 82.3 Å². The van der Waals surface area contributed by atoms with Crippen molar-refractivity contribution in [2.75, 3.05) is 80.2 Å². The number of rotatable bonds is 23. The predicted molar refractivity (Wildman–Crippen MR) is 357 cm³/mol. The predicted octanol–water partition coefficient (Wildman–Crippen LogP) is 12.3. The first-order valence-corrected chi connectivity index (χ1v) is 33.0. The lowest BCUT2D eigenvalue weighted by Crippen LogP contribution is -2.47. The van der Waals surface area contributed by atoms with Gasteiger partial charge in [0.05, 0.1) is 42.2 Å². The fourth-order valence-electron chi connectivity index (χ4n) is 11.9. The van der Waals surface area contributed by atoms with Crippen LogP contribution in [0.5, 0.6) is 17.2 Å². The highest BCUT2D eigenvalue weighted by Gasteiger charge is 2.42. The standard InChI is InChI=1S/C24H24ClF2NO5.C23H24ClF2NO4.C21H20ClF2NO3.C3H5BrO2/c1-32-18-9-20(26)24(21(27)10-18)19-11-22(30)28(13-23(31)33-2)12-15(19)8-17(29)7-14-3-5-16(25)6-4-14;1-31-18-10-20(25)23(21(26)11-18)19-12-22(30)27(6-7-28)13-15(19)9-17(29)8-14-2-4-16(24)5-3-14;1-28-16-8-18(23)21(19(24)9-16)17-10-20(27)25-11-13(17)7-15(26)6-12-2-4-14(22)5-3-12;1-6-3(5)2-4/h3-6,9-10,15,19H,7-8,11-13H2,1-2H3;2-5,10-11,15,19,28H,6-9,12-13H2,1H3;2-5,8-9,13,17H,6-7,10-11H2,1H3,(H,25,27);2H2,1H3/t2*15-,19?;13-,17?;/m111./s1. The van der Waals surface area contributed by atoms with Gasteiger partial charge in [-0.15, -0.1) is 0 Å². The molecule has 3 heterocycles. The van der Waals surface area contributed by atoms with E-state index in [0.717, 1.165) is 53.1 Å². The number of nitrogens with zero attached hydrogens (tertiary/aromatic N) is 2. The maximum atomic E-state index is 14.9. The number of hydrogen-bond donors (Lipinski definition) is 2. The molecule has 0 radical (unpaired) electrons. The molecule has 9 rings (SSSR count). The van der Waals surface area contributed by atoms with Crippen LogP contribution in [0.1, 0.15) is 89.7 Å². The number of alkyl halides is 1. The van der Waals surface area contributed by atoms with Crippen LogP contribution in [0.4, 0.5) is 26.3 Å². The lowest BCUT2D eigenvalue weighted by atomic mass is 9.76. The van der Waals surface area contributed by atoms with Crippen molar-refractivity contribution in [2.24, 2.45) is 17.8 Å². The van der Waals surface area contributed by atoms with E-state index in [1.165, 1.54) is 45.3 Å². The number of β-amino-alcohol motifs (C(OH)–C–C–N with tert-alkyl or cyclic N) is 1. The van der Waals surface area contributed by atoms with E-state index in [9.17, 15) is 69.8 Å². The Morgan fingerprint density at radius 2 is 0.806 bits per heavy atom. The number of carbonyl (C=O) groups excluding carboxylic acids is 8. The third-order valence-corrected chi connectivity index (χ3v) is 17.9. The van der Waals surface area contributed by atoms with Crippen molar-refractivity contribution in [2.45, 2.75) is 75.5 Å². The van der Waals surface area contributed by atoms with Crippen molar-refractivity contribution in [3.63, 3.8) is 0 Å². The van der Waals surface area contributed by atoms with Gasteiger partial charge in [0.2, 0.25) is 17.7 Å². The molecule has 3 unspecified atom stereocenters. The van der Waals surface area contributed by atoms with E-state index in [1.54, 1.807) is 72.8 Å². The molecule has 526 valence electrons. The summed E-state index contributed by atoms with van der Waals surface area (Å²) >= 11 is 20.5. The monoisotopic (exact) mass is 1490 g/mol. The van der Waals surface area contributed by atoms with Crippen molar-refractivity contribution in [1.29, 1.82) is 0 Å². The van der Waals surface area contributed by atoms with E-state index in [-0.39, 0.29) is 172 Å². The highest BCUT2D eigenvalue weighted by Crippen LogP contribution is 2.43. The molecule has 2 N–H and O–H groups in total. The van der Waals surface area contributed by atoms with Gasteiger partial charge in [-0.05, 0) is 70.8 Å². The molecule has 3 aliphatic rings. The summed E-state index contributed by atoms with van der Waals surface area (Å²) < 4.78 is 112. The molecule has 0 aromatic heterocycles. The van der Waals surface area contributed by atoms with E-state index in [4.69, 9.17) is 49.0 Å². The SMILES string of the molecule is COC(=O)CBr.COC(=O)CN1C[C@@H](CC(=O)Cc2ccc(Cl)cc2)C(c2c(F)cc(OC)cc2F)CC1=O.COc1cc(F)c(C2CC(=O)N(CCO)C[C@H]2CC(=O)Cc2ccc(Cl)cc2)c(F)c1.COc1cc(F)c(C2CC(=O)NC[C@H]2CC(=O)Cc2ccc(Cl)cc2)c(F)c1. The van der Waals surface area contributed by atoms with Gasteiger partial charge in [0.25, 0.3) is 0 Å². The number of amides is 3. The van der Waals surface area contributed by atoms with Gasteiger partial charge in [0.1, 0.15) is 81.4 Å². The van der Waals surface area contributed by atoms with Gasteiger partial charge in [-0.1, -0.05) is 87.1 Å². The van der Waals surface area contributed by atoms with Gasteiger partial charge in [-0.25, -0.2) is 26.3 Å². The number of methoxy groups -OCH3 is 5. The summed E-state index contributed by atoms with van der Waals surface area (Å²) in [6, 6.07) is 27.1. The Morgan fingerprint density at radius 1 is 0.490 bits per heavy atom. The van der Waals surface area contributed by atoms with Crippen LogP contribution in [0.15, 0.2) is 109 Å². The number of aliphatic hydroxyl groups is 1. The van der Waals surface area contributed by atoms with Crippen molar-refractivity contribution in [3.05, 3.63) is 193 Å². The van der Waals surface area contributed by atoms with E-state index >= 15 is 0 Å². The Kier molecular flexibility index (Phi) is 30.9. The van der Waals surface area contributed by atoms with E-state index in [2.05, 4.69) is 30.7 Å². The Hall–Kier alpha value is -8.03. The normalized spacial score (nSPS) is 18.1. The van der Waals surface area contributed by atoms with Gasteiger partial charge in [0, 0.05) is 170 Å². The number of ketones is 3. The molecule has 6 aromatic carbocycles. The number of carbonyl (C=O) groups is 8. The number of nitrogens with one attached hydrogen (secondary N) is 1. The first-order valence-electron chi connectivity index (χ1n) is 30.7. The van der Waals surface area contributed by atoms with Crippen LogP contribution in [0.2, 0.25) is 15.1 Å². The summed E-state index contributed by atoms with van der Waals surface area (Å²) in [5, 5.41) is 13.9. The number of likely N-dealkylation sites (tertiary alicyclic amines) is 2. The van der Waals surface area contributed by atoms with Crippen molar-refractivity contribution >= 4 is 97.7 Å². The number of esters is 2. The number of Topliss-reactive ketones (excluding diaryl/α,β-unsaturated/α-hetero) is 3. The van der Waals surface area contributed by atoms with Gasteiger partial charge < -0.3 is 43.9 Å². The van der Waals surface area contributed by atoms with Gasteiger partial charge in [-0.2, -0.15) is 0 Å². The summed E-state index contributed by atoms with van der Waals surface area (Å²) in [7, 11) is 6.47. The maximum absolute atomic E-state index is 14.9. The first-order chi connectivity index (χ1) is 46.7. The number of ether oxygens (including phenoxy) is 5. The summed E-state index contributed by atoms with van der Waals surface area (Å²) in [5.74, 6) is -10.8. The average Bonchev–Trinajstić information content (AvgIpc) is 0.798. The van der Waals surface area contributed by atoms with Crippen LogP contribution in [-0.4, -0.2) is 142 Å². The molecular formula is C71H73BrCl3F6N3O14. The number of piperidine rings is 3. The Bertz CT molecular complexity index is 3710. The van der Waals surface area contributed by atoms with Crippen LogP contribution < -0.4 is 19.5 Å². The second-order valence-corrected chi connectivity index (χ2v) is 25.2. The number of halogens is 10. The van der Waals surface area contributed by atoms with Crippen molar-refractivity contribution in [1.82, 2.24) is 15.1 Å². The quantitative estimate of drug-likeness (QED) is 0.0346. The fourth-order valence-corrected chi connectivity index (χ4v) is 12.5. The Balaban J connectivity index is 0.000000223. The third kappa shape index (κ3) is 23.0.